The summed E-state index contributed by atoms with van der Waals surface area (Å²) < 4.78 is 0. The van der Waals surface area contributed by atoms with Crippen LogP contribution in [0.3, 0.4) is 0 Å². The highest BCUT2D eigenvalue weighted by Gasteiger charge is 2.20. The molecule has 1 aliphatic rings. The molecule has 1 saturated heterocycles. The molecule has 82 valence electrons. The maximum atomic E-state index is 11.6. The van der Waals surface area contributed by atoms with Gasteiger partial charge in [-0.25, -0.2) is 0 Å². The number of nitrogens with zero attached hydrogens (tertiary/aromatic N) is 1. The van der Waals surface area contributed by atoms with Crippen molar-refractivity contribution in [3.05, 3.63) is 0 Å². The summed E-state index contributed by atoms with van der Waals surface area (Å²) in [4.78, 5) is 13.4. The molecule has 0 aromatic rings. The number of amides is 1. The van der Waals surface area contributed by atoms with Crippen molar-refractivity contribution in [1.29, 1.82) is 0 Å². The predicted molar refractivity (Wildman–Crippen MR) is 54.7 cm³/mol. The van der Waals surface area contributed by atoms with Gasteiger partial charge in [0, 0.05) is 25.6 Å². The maximum absolute atomic E-state index is 11.6. The van der Waals surface area contributed by atoms with Gasteiger partial charge in [0.15, 0.2) is 0 Å². The van der Waals surface area contributed by atoms with Gasteiger partial charge in [0.2, 0.25) is 5.91 Å². The number of aliphatic hydroxyl groups excluding tert-OH is 1. The van der Waals surface area contributed by atoms with Crippen LogP contribution in [0.2, 0.25) is 0 Å². The number of aliphatic hydroxyl groups is 1. The van der Waals surface area contributed by atoms with Crippen molar-refractivity contribution >= 4 is 5.91 Å². The molecule has 0 radical (unpaired) electrons. The number of likely N-dealkylation sites (tertiary alicyclic amines) is 1. The number of rotatable bonds is 3. The van der Waals surface area contributed by atoms with Crippen molar-refractivity contribution in [1.82, 2.24) is 4.90 Å². The van der Waals surface area contributed by atoms with E-state index >= 15 is 0 Å². The lowest BCUT2D eigenvalue weighted by atomic mass is 10.1. The highest BCUT2D eigenvalue weighted by atomic mass is 16.3. The number of hydrogen-bond acceptors (Lipinski definition) is 3. The molecule has 0 spiro atoms. The molecule has 0 aliphatic carbocycles. The molecule has 0 bridgehead atoms. The minimum Gasteiger partial charge on any atom is -0.393 e. The highest BCUT2D eigenvalue weighted by molar-refractivity contribution is 5.76. The molecule has 14 heavy (non-hydrogen) atoms. The molecular formula is C10H20N2O2. The third-order valence-corrected chi connectivity index (χ3v) is 2.67. The van der Waals surface area contributed by atoms with Crippen molar-refractivity contribution in [3.8, 4) is 0 Å². The SMILES string of the molecule is CC(O)CCC(=O)N1CCC(N)CC1. The molecule has 1 heterocycles. The Bertz CT molecular complexity index is 187. The van der Waals surface area contributed by atoms with Crippen LogP contribution >= 0.6 is 0 Å². The minimum atomic E-state index is -0.383. The Labute approximate surface area is 85.1 Å². The number of piperidine rings is 1. The van der Waals surface area contributed by atoms with Crippen LogP contribution < -0.4 is 5.73 Å². The molecule has 0 aromatic heterocycles. The maximum Gasteiger partial charge on any atom is 0.222 e. The zero-order valence-corrected chi connectivity index (χ0v) is 8.78. The lowest BCUT2D eigenvalue weighted by Crippen LogP contribution is -2.42. The molecule has 4 nitrogen and oxygen atoms in total. The molecule has 4 heteroatoms. The topological polar surface area (TPSA) is 66.6 Å². The monoisotopic (exact) mass is 200 g/mol. The third kappa shape index (κ3) is 3.64. The Kier molecular flexibility index (Phi) is 4.35. The van der Waals surface area contributed by atoms with E-state index in [-0.39, 0.29) is 18.1 Å². The zero-order chi connectivity index (χ0) is 10.6. The van der Waals surface area contributed by atoms with Crippen LogP contribution in [0, 0.1) is 0 Å². The lowest BCUT2D eigenvalue weighted by molar-refractivity contribution is -0.132. The van der Waals surface area contributed by atoms with Gasteiger partial charge < -0.3 is 15.7 Å². The summed E-state index contributed by atoms with van der Waals surface area (Å²) in [7, 11) is 0. The second-order valence-corrected chi connectivity index (χ2v) is 4.11. The van der Waals surface area contributed by atoms with Crippen LogP contribution in [0.4, 0.5) is 0 Å². The van der Waals surface area contributed by atoms with Gasteiger partial charge in [0.1, 0.15) is 0 Å². The largest absolute Gasteiger partial charge is 0.393 e. The summed E-state index contributed by atoms with van der Waals surface area (Å²) in [6.45, 7) is 3.26. The second-order valence-electron chi connectivity index (χ2n) is 4.11. The Hall–Kier alpha value is -0.610. The number of carbonyl (C=O) groups excluding carboxylic acids is 1. The van der Waals surface area contributed by atoms with Gasteiger partial charge in [-0.3, -0.25) is 4.79 Å². The van der Waals surface area contributed by atoms with Crippen LogP contribution in [0.15, 0.2) is 0 Å². The van der Waals surface area contributed by atoms with Crippen LogP contribution in [-0.4, -0.2) is 41.1 Å². The smallest absolute Gasteiger partial charge is 0.222 e. The highest BCUT2D eigenvalue weighted by Crippen LogP contribution is 2.10. The van der Waals surface area contributed by atoms with Crippen LogP contribution in [-0.2, 0) is 4.79 Å². The van der Waals surface area contributed by atoms with Crippen molar-refractivity contribution in [2.75, 3.05) is 13.1 Å². The van der Waals surface area contributed by atoms with Gasteiger partial charge in [0.25, 0.3) is 0 Å². The van der Waals surface area contributed by atoms with E-state index in [0.717, 1.165) is 25.9 Å². The second kappa shape index (κ2) is 5.32. The van der Waals surface area contributed by atoms with Crippen molar-refractivity contribution < 1.29 is 9.90 Å². The van der Waals surface area contributed by atoms with E-state index in [0.29, 0.717) is 12.8 Å². The van der Waals surface area contributed by atoms with Crippen LogP contribution in [0.5, 0.6) is 0 Å². The number of hydrogen-bond donors (Lipinski definition) is 2. The summed E-state index contributed by atoms with van der Waals surface area (Å²) in [6, 6.07) is 0.260. The molecule has 1 fully saturated rings. The molecule has 3 N–H and O–H groups in total. The third-order valence-electron chi connectivity index (χ3n) is 2.67. The summed E-state index contributed by atoms with van der Waals surface area (Å²) in [5.74, 6) is 0.151. The van der Waals surface area contributed by atoms with E-state index in [4.69, 9.17) is 10.8 Å². The normalized spacial score (nSPS) is 20.9. The van der Waals surface area contributed by atoms with Crippen molar-refractivity contribution in [2.45, 2.75) is 44.8 Å². The number of nitrogens with two attached hydrogens (primary N) is 1. The van der Waals surface area contributed by atoms with Gasteiger partial charge in [0.05, 0.1) is 6.10 Å². The van der Waals surface area contributed by atoms with E-state index in [1.165, 1.54) is 0 Å². The zero-order valence-electron chi connectivity index (χ0n) is 8.78. The van der Waals surface area contributed by atoms with E-state index in [9.17, 15) is 4.79 Å². The summed E-state index contributed by atoms with van der Waals surface area (Å²) in [6.07, 6.45) is 2.43. The first-order valence-electron chi connectivity index (χ1n) is 5.31. The fourth-order valence-corrected chi connectivity index (χ4v) is 1.64. The minimum absolute atomic E-state index is 0.151. The van der Waals surface area contributed by atoms with Crippen molar-refractivity contribution in [2.24, 2.45) is 5.73 Å². The predicted octanol–water partition coefficient (Wildman–Crippen LogP) is 0.0971. The van der Waals surface area contributed by atoms with Gasteiger partial charge in [-0.2, -0.15) is 0 Å². The molecule has 1 atom stereocenters. The molecular weight excluding hydrogens is 180 g/mol. The first kappa shape index (κ1) is 11.5. The van der Waals surface area contributed by atoms with E-state index < -0.39 is 0 Å². The Morgan fingerprint density at radius 1 is 1.57 bits per heavy atom. The quantitative estimate of drug-likeness (QED) is 0.679. The summed E-state index contributed by atoms with van der Waals surface area (Å²) in [5.41, 5.74) is 5.74. The van der Waals surface area contributed by atoms with E-state index in [1.54, 1.807) is 6.92 Å². The molecule has 1 amide bonds. The van der Waals surface area contributed by atoms with Crippen molar-refractivity contribution in [3.63, 3.8) is 0 Å². The Morgan fingerprint density at radius 2 is 2.14 bits per heavy atom. The molecule has 1 aliphatic heterocycles. The molecule has 0 aromatic carbocycles. The van der Waals surface area contributed by atoms with Gasteiger partial charge in [-0.05, 0) is 26.2 Å². The van der Waals surface area contributed by atoms with Gasteiger partial charge >= 0.3 is 0 Å². The molecule has 1 rings (SSSR count). The first-order chi connectivity index (χ1) is 6.59. The Balaban J connectivity index is 2.24. The lowest BCUT2D eigenvalue weighted by Gasteiger charge is -2.30. The van der Waals surface area contributed by atoms with Crippen LogP contribution in [0.25, 0.3) is 0 Å². The van der Waals surface area contributed by atoms with Gasteiger partial charge in [-0.15, -0.1) is 0 Å². The Morgan fingerprint density at radius 3 is 2.64 bits per heavy atom. The fraction of sp³-hybridized carbons (Fsp3) is 0.900. The van der Waals surface area contributed by atoms with E-state index in [2.05, 4.69) is 0 Å². The summed E-state index contributed by atoms with van der Waals surface area (Å²) in [5, 5.41) is 9.05. The van der Waals surface area contributed by atoms with Gasteiger partial charge in [-0.1, -0.05) is 0 Å². The standard InChI is InChI=1S/C10H20N2O2/c1-8(13)2-3-10(14)12-6-4-9(11)5-7-12/h8-9,13H,2-7,11H2,1H3. The first-order valence-corrected chi connectivity index (χ1v) is 5.31. The summed E-state index contributed by atoms with van der Waals surface area (Å²) >= 11 is 0. The van der Waals surface area contributed by atoms with E-state index in [1.807, 2.05) is 4.90 Å². The average Bonchev–Trinajstić information content (AvgIpc) is 2.15. The van der Waals surface area contributed by atoms with Crippen LogP contribution in [0.1, 0.15) is 32.6 Å². The molecule has 1 unspecified atom stereocenters. The number of carbonyl (C=O) groups is 1. The average molecular weight is 200 g/mol. The fourth-order valence-electron chi connectivity index (χ4n) is 1.64. The molecule has 0 saturated carbocycles.